The highest BCUT2D eigenvalue weighted by Gasteiger charge is 2.34. The Hall–Kier alpha value is -2.67. The molecule has 1 unspecified atom stereocenters. The summed E-state index contributed by atoms with van der Waals surface area (Å²) in [4.78, 5) is 28.8. The van der Waals surface area contributed by atoms with E-state index in [1.54, 1.807) is 42.0 Å². The zero-order valence-electron chi connectivity index (χ0n) is 17.8. The topological polar surface area (TPSA) is 63.0 Å². The van der Waals surface area contributed by atoms with Gasteiger partial charge in [-0.1, -0.05) is 18.2 Å². The Morgan fingerprint density at radius 2 is 1.97 bits per heavy atom. The molecule has 0 radical (unpaired) electrons. The van der Waals surface area contributed by atoms with Crippen LogP contribution in [0.25, 0.3) is 0 Å². The summed E-state index contributed by atoms with van der Waals surface area (Å²) >= 11 is 0. The van der Waals surface area contributed by atoms with Crippen molar-refractivity contribution in [1.82, 2.24) is 9.80 Å². The third-order valence-corrected chi connectivity index (χ3v) is 6.00. The molecule has 1 aliphatic rings. The lowest BCUT2D eigenvalue weighted by molar-refractivity contribution is -0.136. The summed E-state index contributed by atoms with van der Waals surface area (Å²) in [5, 5.41) is 0. The van der Waals surface area contributed by atoms with Gasteiger partial charge in [0.05, 0.1) is 11.8 Å². The molecule has 1 saturated heterocycles. The van der Waals surface area contributed by atoms with Gasteiger partial charge >= 0.3 is 0 Å². The van der Waals surface area contributed by atoms with Crippen molar-refractivity contribution in [2.75, 3.05) is 33.9 Å². The summed E-state index contributed by atoms with van der Waals surface area (Å²) in [6.45, 7) is 3.04. The number of piperidine rings is 1. The van der Waals surface area contributed by atoms with E-state index in [0.29, 0.717) is 36.4 Å². The van der Waals surface area contributed by atoms with Crippen LogP contribution < -0.4 is 0 Å². The SMILES string of the molecule is COCC(=O)N1CCC(C(Cc2ccccc2F)N(C)C(=O)c2ccoc2C)CC1. The fourth-order valence-electron chi connectivity index (χ4n) is 4.20. The molecule has 162 valence electrons. The summed E-state index contributed by atoms with van der Waals surface area (Å²) in [6.07, 6.45) is 3.41. The average molecular weight is 416 g/mol. The first-order chi connectivity index (χ1) is 14.4. The van der Waals surface area contributed by atoms with Gasteiger partial charge in [0, 0.05) is 33.3 Å². The van der Waals surface area contributed by atoms with E-state index in [9.17, 15) is 14.0 Å². The number of likely N-dealkylation sites (tertiary alicyclic amines) is 1. The standard InChI is InChI=1S/C23H29FN2O4/c1-16-19(10-13-30-16)23(28)25(2)21(14-18-6-4-5-7-20(18)24)17-8-11-26(12-9-17)22(27)15-29-3/h4-7,10,13,17,21H,8-9,11-12,14-15H2,1-3H3. The summed E-state index contributed by atoms with van der Waals surface area (Å²) in [5.74, 6) is 0.282. The van der Waals surface area contributed by atoms with Gasteiger partial charge in [-0.3, -0.25) is 9.59 Å². The van der Waals surface area contributed by atoms with Crippen LogP contribution in [0.15, 0.2) is 41.0 Å². The van der Waals surface area contributed by atoms with Crippen LogP contribution in [-0.4, -0.2) is 61.5 Å². The number of hydrogen-bond acceptors (Lipinski definition) is 4. The predicted octanol–water partition coefficient (Wildman–Crippen LogP) is 3.30. The molecule has 0 bridgehead atoms. The Balaban J connectivity index is 1.79. The number of halogens is 1. The number of benzene rings is 1. The average Bonchev–Trinajstić information content (AvgIpc) is 3.18. The first kappa shape index (κ1) is 22.0. The normalized spacial score (nSPS) is 15.8. The van der Waals surface area contributed by atoms with E-state index in [2.05, 4.69) is 0 Å². The lowest BCUT2D eigenvalue weighted by Gasteiger charge is -2.40. The van der Waals surface area contributed by atoms with Crippen molar-refractivity contribution in [3.05, 3.63) is 59.3 Å². The highest BCUT2D eigenvalue weighted by atomic mass is 19.1. The van der Waals surface area contributed by atoms with E-state index >= 15 is 0 Å². The number of likely N-dealkylation sites (N-methyl/N-ethyl adjacent to an activating group) is 1. The molecule has 1 aromatic heterocycles. The molecule has 1 fully saturated rings. The number of amides is 2. The Bertz CT molecular complexity index is 874. The Labute approximate surface area is 176 Å². The molecule has 0 spiro atoms. The van der Waals surface area contributed by atoms with Gasteiger partial charge in [-0.05, 0) is 49.8 Å². The van der Waals surface area contributed by atoms with Gasteiger partial charge in [0.1, 0.15) is 18.2 Å². The number of carbonyl (C=O) groups excluding carboxylic acids is 2. The molecule has 3 rings (SSSR count). The molecule has 1 aliphatic heterocycles. The first-order valence-corrected chi connectivity index (χ1v) is 10.2. The van der Waals surface area contributed by atoms with Crippen molar-refractivity contribution in [3.63, 3.8) is 0 Å². The maximum absolute atomic E-state index is 14.4. The molecule has 2 heterocycles. The van der Waals surface area contributed by atoms with Crippen LogP contribution in [0.3, 0.4) is 0 Å². The van der Waals surface area contributed by atoms with Crippen molar-refractivity contribution in [3.8, 4) is 0 Å². The van der Waals surface area contributed by atoms with E-state index in [1.165, 1.54) is 19.4 Å². The minimum Gasteiger partial charge on any atom is -0.469 e. The van der Waals surface area contributed by atoms with Crippen LogP contribution in [0.2, 0.25) is 0 Å². The monoisotopic (exact) mass is 416 g/mol. The second-order valence-corrected chi connectivity index (χ2v) is 7.82. The van der Waals surface area contributed by atoms with Crippen LogP contribution in [-0.2, 0) is 16.0 Å². The molecule has 1 aromatic carbocycles. The van der Waals surface area contributed by atoms with Gasteiger partial charge in [0.2, 0.25) is 5.91 Å². The molecule has 0 N–H and O–H groups in total. The largest absolute Gasteiger partial charge is 0.469 e. The second-order valence-electron chi connectivity index (χ2n) is 7.82. The second kappa shape index (κ2) is 9.89. The van der Waals surface area contributed by atoms with Crippen LogP contribution in [0.5, 0.6) is 0 Å². The molecule has 30 heavy (non-hydrogen) atoms. The van der Waals surface area contributed by atoms with Crippen LogP contribution in [0.1, 0.15) is 34.5 Å². The number of ether oxygens (including phenoxy) is 1. The number of rotatable bonds is 7. The van der Waals surface area contributed by atoms with Gasteiger partial charge in [-0.2, -0.15) is 0 Å². The lowest BCUT2D eigenvalue weighted by atomic mass is 9.84. The lowest BCUT2D eigenvalue weighted by Crippen LogP contribution is -2.49. The molecule has 0 aliphatic carbocycles. The molecular weight excluding hydrogens is 387 g/mol. The van der Waals surface area contributed by atoms with E-state index in [1.807, 2.05) is 6.07 Å². The van der Waals surface area contributed by atoms with Crippen molar-refractivity contribution in [1.29, 1.82) is 0 Å². The number of aryl methyl sites for hydroxylation is 1. The highest BCUT2D eigenvalue weighted by Crippen LogP contribution is 2.28. The fourth-order valence-corrected chi connectivity index (χ4v) is 4.20. The smallest absolute Gasteiger partial charge is 0.257 e. The van der Waals surface area contributed by atoms with Gasteiger partial charge < -0.3 is 19.0 Å². The van der Waals surface area contributed by atoms with E-state index in [-0.39, 0.29) is 36.2 Å². The quantitative estimate of drug-likeness (QED) is 0.695. The Kier molecular flexibility index (Phi) is 7.26. The van der Waals surface area contributed by atoms with Crippen molar-refractivity contribution >= 4 is 11.8 Å². The van der Waals surface area contributed by atoms with E-state index in [0.717, 1.165) is 12.8 Å². The number of methoxy groups -OCH3 is 1. The highest BCUT2D eigenvalue weighted by molar-refractivity contribution is 5.95. The van der Waals surface area contributed by atoms with Crippen LogP contribution in [0, 0.1) is 18.7 Å². The van der Waals surface area contributed by atoms with Crippen LogP contribution in [0.4, 0.5) is 4.39 Å². The third-order valence-electron chi connectivity index (χ3n) is 6.00. The van der Waals surface area contributed by atoms with Crippen molar-refractivity contribution in [2.45, 2.75) is 32.2 Å². The van der Waals surface area contributed by atoms with Gasteiger partial charge in [-0.15, -0.1) is 0 Å². The van der Waals surface area contributed by atoms with Gasteiger partial charge in [-0.25, -0.2) is 4.39 Å². The molecule has 0 saturated carbocycles. The zero-order valence-corrected chi connectivity index (χ0v) is 17.8. The van der Waals surface area contributed by atoms with Crippen LogP contribution >= 0.6 is 0 Å². The van der Waals surface area contributed by atoms with Crippen molar-refractivity contribution in [2.24, 2.45) is 5.92 Å². The minimum absolute atomic E-state index is 0.0277. The number of nitrogens with zero attached hydrogens (tertiary/aromatic N) is 2. The predicted molar refractivity (Wildman–Crippen MR) is 111 cm³/mol. The Morgan fingerprint density at radius 3 is 2.57 bits per heavy atom. The molecular formula is C23H29FN2O4. The fraction of sp³-hybridized carbons (Fsp3) is 0.478. The Morgan fingerprint density at radius 1 is 1.27 bits per heavy atom. The van der Waals surface area contributed by atoms with Crippen molar-refractivity contribution < 1.29 is 23.1 Å². The first-order valence-electron chi connectivity index (χ1n) is 10.2. The summed E-state index contributed by atoms with van der Waals surface area (Å²) in [7, 11) is 3.27. The molecule has 1 atom stereocenters. The summed E-state index contributed by atoms with van der Waals surface area (Å²) in [6, 6.07) is 8.16. The molecule has 2 aromatic rings. The van der Waals surface area contributed by atoms with E-state index < -0.39 is 0 Å². The van der Waals surface area contributed by atoms with Gasteiger partial charge in [0.15, 0.2) is 0 Å². The van der Waals surface area contributed by atoms with E-state index in [4.69, 9.17) is 9.15 Å². The molecule has 7 heteroatoms. The summed E-state index contributed by atoms with van der Waals surface area (Å²) in [5.41, 5.74) is 1.10. The molecule has 6 nitrogen and oxygen atoms in total. The minimum atomic E-state index is -0.268. The van der Waals surface area contributed by atoms with Gasteiger partial charge in [0.25, 0.3) is 5.91 Å². The maximum Gasteiger partial charge on any atom is 0.257 e. The summed E-state index contributed by atoms with van der Waals surface area (Å²) < 4.78 is 24.6. The third kappa shape index (κ3) is 4.90. The maximum atomic E-state index is 14.4. The zero-order chi connectivity index (χ0) is 21.7. The number of hydrogen-bond donors (Lipinski definition) is 0. The molecule has 2 amide bonds. The number of carbonyl (C=O) groups is 2. The number of furan rings is 1.